The van der Waals surface area contributed by atoms with Crippen LogP contribution in [0.4, 0.5) is 0 Å². The van der Waals surface area contributed by atoms with E-state index in [9.17, 15) is 4.79 Å². The van der Waals surface area contributed by atoms with E-state index in [-0.39, 0.29) is 5.91 Å². The van der Waals surface area contributed by atoms with Gasteiger partial charge in [0.2, 0.25) is 0 Å². The van der Waals surface area contributed by atoms with Crippen molar-refractivity contribution in [1.29, 1.82) is 0 Å². The molecule has 1 aromatic carbocycles. The van der Waals surface area contributed by atoms with Crippen molar-refractivity contribution >= 4 is 17.5 Å². The minimum Gasteiger partial charge on any atom is -0.481 e. The van der Waals surface area contributed by atoms with Gasteiger partial charge >= 0.3 is 0 Å². The van der Waals surface area contributed by atoms with E-state index >= 15 is 0 Å². The highest BCUT2D eigenvalue weighted by molar-refractivity contribution is 6.30. The quantitative estimate of drug-likeness (QED) is 0.794. The maximum atomic E-state index is 11.6. The molecule has 0 saturated heterocycles. The first-order valence-corrected chi connectivity index (χ1v) is 6.21. The van der Waals surface area contributed by atoms with Crippen LogP contribution in [0.2, 0.25) is 5.02 Å². The summed E-state index contributed by atoms with van der Waals surface area (Å²) in [7, 11) is 0. The van der Waals surface area contributed by atoms with E-state index in [0.717, 1.165) is 12.8 Å². The Morgan fingerprint density at radius 2 is 2.29 bits per heavy atom. The van der Waals surface area contributed by atoms with Crippen molar-refractivity contribution in [3.63, 3.8) is 0 Å². The van der Waals surface area contributed by atoms with Crippen LogP contribution >= 0.6 is 11.6 Å². The molecule has 0 aliphatic heterocycles. The summed E-state index contributed by atoms with van der Waals surface area (Å²) in [6.07, 6.45) is 1.53. The number of nitrogens with one attached hydrogen (secondary N) is 1. The smallest absolute Gasteiger partial charge is 0.260 e. The van der Waals surface area contributed by atoms with Gasteiger partial charge in [-0.15, -0.1) is 0 Å². The molecule has 17 heavy (non-hydrogen) atoms. The van der Waals surface area contributed by atoms with E-state index in [1.807, 2.05) is 0 Å². The van der Waals surface area contributed by atoms with Gasteiger partial charge < -0.3 is 10.1 Å². The number of ether oxygens (including phenoxy) is 1. The molecule has 0 aliphatic rings. The fraction of sp³-hybridized carbons (Fsp3) is 0.462. The number of hydrogen-bond acceptors (Lipinski definition) is 2. The third kappa shape index (κ3) is 5.09. The zero-order valence-electron chi connectivity index (χ0n) is 10.2. The fourth-order valence-electron chi connectivity index (χ4n) is 1.33. The number of unbranched alkanes of at least 4 members (excludes halogenated alkanes) is 1. The molecule has 1 aromatic rings. The molecule has 1 unspecified atom stereocenters. The van der Waals surface area contributed by atoms with Crippen molar-refractivity contribution in [1.82, 2.24) is 5.32 Å². The van der Waals surface area contributed by atoms with Crippen LogP contribution < -0.4 is 10.1 Å². The summed E-state index contributed by atoms with van der Waals surface area (Å²) >= 11 is 5.83. The van der Waals surface area contributed by atoms with Crippen LogP contribution in [0.25, 0.3) is 0 Å². The van der Waals surface area contributed by atoms with Crippen molar-refractivity contribution in [3.8, 4) is 5.75 Å². The van der Waals surface area contributed by atoms with Crippen LogP contribution in [-0.4, -0.2) is 18.6 Å². The number of carbonyl (C=O) groups excluding carboxylic acids is 1. The second-order valence-corrected chi connectivity index (χ2v) is 4.30. The maximum Gasteiger partial charge on any atom is 0.260 e. The number of amides is 1. The second kappa shape index (κ2) is 7.17. The first-order chi connectivity index (χ1) is 8.13. The van der Waals surface area contributed by atoms with Gasteiger partial charge in [0.1, 0.15) is 5.75 Å². The van der Waals surface area contributed by atoms with Gasteiger partial charge in [-0.3, -0.25) is 4.79 Å². The molecule has 0 spiro atoms. The summed E-state index contributed by atoms with van der Waals surface area (Å²) in [5.74, 6) is 0.508. The lowest BCUT2D eigenvalue weighted by molar-refractivity contribution is -0.127. The molecule has 0 radical (unpaired) electrons. The fourth-order valence-corrected chi connectivity index (χ4v) is 1.51. The Morgan fingerprint density at radius 1 is 1.53 bits per heavy atom. The van der Waals surface area contributed by atoms with Crippen LogP contribution in [-0.2, 0) is 4.79 Å². The molecule has 1 rings (SSSR count). The Hall–Kier alpha value is -1.22. The van der Waals surface area contributed by atoms with Crippen LogP contribution in [0, 0.1) is 0 Å². The molecule has 0 aliphatic carbocycles. The lowest BCUT2D eigenvalue weighted by atomic mass is 10.3. The number of carbonyl (C=O) groups is 1. The van der Waals surface area contributed by atoms with Crippen molar-refractivity contribution in [2.45, 2.75) is 32.8 Å². The maximum absolute atomic E-state index is 11.6. The number of hydrogen-bond donors (Lipinski definition) is 1. The third-order valence-electron chi connectivity index (χ3n) is 2.31. The van der Waals surface area contributed by atoms with E-state index in [1.54, 1.807) is 31.2 Å². The van der Waals surface area contributed by atoms with Crippen molar-refractivity contribution in [2.75, 3.05) is 6.54 Å². The molecule has 0 bridgehead atoms. The molecule has 0 saturated carbocycles. The summed E-state index contributed by atoms with van der Waals surface area (Å²) in [5, 5.41) is 3.42. The normalized spacial score (nSPS) is 11.9. The standard InChI is InChI=1S/C13H18ClNO2/c1-3-4-8-15-13(16)10(2)17-12-7-5-6-11(14)9-12/h5-7,9-10H,3-4,8H2,1-2H3,(H,15,16). The summed E-state index contributed by atoms with van der Waals surface area (Å²) in [5.41, 5.74) is 0. The van der Waals surface area contributed by atoms with Crippen LogP contribution in [0.3, 0.4) is 0 Å². The highest BCUT2D eigenvalue weighted by Crippen LogP contribution is 2.18. The molecule has 0 heterocycles. The van der Waals surface area contributed by atoms with E-state index < -0.39 is 6.10 Å². The molecule has 94 valence electrons. The minimum absolute atomic E-state index is 0.0987. The van der Waals surface area contributed by atoms with Gasteiger partial charge in [-0.25, -0.2) is 0 Å². The number of benzene rings is 1. The first-order valence-electron chi connectivity index (χ1n) is 5.83. The van der Waals surface area contributed by atoms with E-state index in [0.29, 0.717) is 17.3 Å². The average Bonchev–Trinajstić information content (AvgIpc) is 2.29. The lowest BCUT2D eigenvalue weighted by Gasteiger charge is -2.14. The Morgan fingerprint density at radius 3 is 2.94 bits per heavy atom. The molecule has 0 fully saturated rings. The summed E-state index contributed by atoms with van der Waals surface area (Å²) in [4.78, 5) is 11.6. The minimum atomic E-state index is -0.509. The topological polar surface area (TPSA) is 38.3 Å². The predicted octanol–water partition coefficient (Wildman–Crippen LogP) is 3.02. The van der Waals surface area contributed by atoms with Gasteiger partial charge in [0, 0.05) is 11.6 Å². The average molecular weight is 256 g/mol. The molecular weight excluding hydrogens is 238 g/mol. The van der Waals surface area contributed by atoms with E-state index in [1.165, 1.54) is 0 Å². The molecule has 1 N–H and O–H groups in total. The molecule has 3 nitrogen and oxygen atoms in total. The largest absolute Gasteiger partial charge is 0.481 e. The Labute approximate surface area is 107 Å². The van der Waals surface area contributed by atoms with Crippen molar-refractivity contribution < 1.29 is 9.53 Å². The second-order valence-electron chi connectivity index (χ2n) is 3.86. The Balaban J connectivity index is 2.43. The van der Waals surface area contributed by atoms with Crippen LogP contribution in [0.1, 0.15) is 26.7 Å². The van der Waals surface area contributed by atoms with Gasteiger partial charge in [0.05, 0.1) is 0 Å². The predicted molar refractivity (Wildman–Crippen MR) is 69.5 cm³/mol. The van der Waals surface area contributed by atoms with Gasteiger partial charge in [-0.2, -0.15) is 0 Å². The highest BCUT2D eigenvalue weighted by Gasteiger charge is 2.13. The SMILES string of the molecule is CCCCNC(=O)C(C)Oc1cccc(Cl)c1. The van der Waals surface area contributed by atoms with Crippen molar-refractivity contribution in [3.05, 3.63) is 29.3 Å². The molecular formula is C13H18ClNO2. The highest BCUT2D eigenvalue weighted by atomic mass is 35.5. The summed E-state index contributed by atoms with van der Waals surface area (Å²) in [6.45, 7) is 4.50. The monoisotopic (exact) mass is 255 g/mol. The first kappa shape index (κ1) is 13.8. The zero-order valence-corrected chi connectivity index (χ0v) is 11.0. The number of rotatable bonds is 6. The molecule has 1 amide bonds. The summed E-state index contributed by atoms with van der Waals surface area (Å²) in [6, 6.07) is 7.03. The third-order valence-corrected chi connectivity index (χ3v) is 2.54. The van der Waals surface area contributed by atoms with E-state index in [2.05, 4.69) is 12.2 Å². The van der Waals surface area contributed by atoms with Crippen LogP contribution in [0.15, 0.2) is 24.3 Å². The lowest BCUT2D eigenvalue weighted by Crippen LogP contribution is -2.36. The van der Waals surface area contributed by atoms with Gasteiger partial charge in [-0.05, 0) is 31.5 Å². The van der Waals surface area contributed by atoms with Gasteiger partial charge in [0.25, 0.3) is 5.91 Å². The molecule has 4 heteroatoms. The summed E-state index contributed by atoms with van der Waals surface area (Å²) < 4.78 is 5.49. The Kier molecular flexibility index (Phi) is 5.84. The van der Waals surface area contributed by atoms with Gasteiger partial charge in [0.15, 0.2) is 6.10 Å². The van der Waals surface area contributed by atoms with Crippen molar-refractivity contribution in [2.24, 2.45) is 0 Å². The number of halogens is 1. The molecule has 0 aromatic heterocycles. The molecule has 1 atom stereocenters. The zero-order chi connectivity index (χ0) is 12.7. The Bertz CT molecular complexity index is 368. The van der Waals surface area contributed by atoms with E-state index in [4.69, 9.17) is 16.3 Å². The van der Waals surface area contributed by atoms with Crippen LogP contribution in [0.5, 0.6) is 5.75 Å². The van der Waals surface area contributed by atoms with Gasteiger partial charge in [-0.1, -0.05) is 31.0 Å².